The van der Waals surface area contributed by atoms with E-state index in [2.05, 4.69) is 24.5 Å². The molecule has 17 heavy (non-hydrogen) atoms. The molecule has 0 unspecified atom stereocenters. The lowest BCUT2D eigenvalue weighted by atomic mass is 10.2. The van der Waals surface area contributed by atoms with Crippen molar-refractivity contribution in [2.24, 2.45) is 5.92 Å². The van der Waals surface area contributed by atoms with Gasteiger partial charge in [0.15, 0.2) is 0 Å². The number of ether oxygens (including phenoxy) is 2. The summed E-state index contributed by atoms with van der Waals surface area (Å²) in [5.41, 5.74) is 0. The van der Waals surface area contributed by atoms with Gasteiger partial charge in [0.05, 0.1) is 13.2 Å². The van der Waals surface area contributed by atoms with Crippen LogP contribution in [-0.4, -0.2) is 52.5 Å². The van der Waals surface area contributed by atoms with Gasteiger partial charge >= 0.3 is 0 Å². The molecule has 0 aromatic heterocycles. The Kier molecular flexibility index (Phi) is 11.4. The molecule has 5 nitrogen and oxygen atoms in total. The molecule has 5 heteroatoms. The molecule has 0 aromatic rings. The third-order valence-electron chi connectivity index (χ3n) is 2.01. The quantitative estimate of drug-likeness (QED) is 0.518. The van der Waals surface area contributed by atoms with Crippen LogP contribution >= 0.6 is 0 Å². The van der Waals surface area contributed by atoms with Crippen molar-refractivity contribution >= 4 is 5.91 Å². The predicted octanol–water partition coefficient (Wildman–Crippen LogP) is 0.401. The van der Waals surface area contributed by atoms with Gasteiger partial charge in [-0.3, -0.25) is 4.79 Å². The lowest BCUT2D eigenvalue weighted by Crippen LogP contribution is -2.36. The van der Waals surface area contributed by atoms with E-state index < -0.39 is 0 Å². The van der Waals surface area contributed by atoms with E-state index in [-0.39, 0.29) is 5.91 Å². The van der Waals surface area contributed by atoms with Gasteiger partial charge in [-0.1, -0.05) is 13.8 Å². The standard InChI is InChI=1S/C12H26N2O3/c1-11(2)10-17-8-6-13-9-12(15)14-5-4-7-16-3/h11,13H,4-10H2,1-3H3,(H,14,15). The minimum absolute atomic E-state index is 0.0185. The van der Waals surface area contributed by atoms with Gasteiger partial charge in [-0.2, -0.15) is 0 Å². The Morgan fingerprint density at radius 2 is 2.00 bits per heavy atom. The molecule has 0 saturated carbocycles. The molecule has 0 aromatic carbocycles. The molecule has 0 aliphatic heterocycles. The highest BCUT2D eigenvalue weighted by molar-refractivity contribution is 5.77. The summed E-state index contributed by atoms with van der Waals surface area (Å²) in [5.74, 6) is 0.573. The van der Waals surface area contributed by atoms with Crippen LogP contribution in [0.4, 0.5) is 0 Å². The van der Waals surface area contributed by atoms with Crippen LogP contribution < -0.4 is 10.6 Å². The molecule has 0 aliphatic rings. The normalized spacial score (nSPS) is 10.8. The Morgan fingerprint density at radius 3 is 2.65 bits per heavy atom. The molecule has 0 bridgehead atoms. The van der Waals surface area contributed by atoms with Gasteiger partial charge < -0.3 is 20.1 Å². The number of methoxy groups -OCH3 is 1. The molecule has 2 N–H and O–H groups in total. The number of carbonyl (C=O) groups is 1. The molecular weight excluding hydrogens is 220 g/mol. The van der Waals surface area contributed by atoms with Crippen molar-refractivity contribution in [3.63, 3.8) is 0 Å². The van der Waals surface area contributed by atoms with Crippen LogP contribution in [0.5, 0.6) is 0 Å². The van der Waals surface area contributed by atoms with Gasteiger partial charge in [-0.05, 0) is 12.3 Å². The van der Waals surface area contributed by atoms with Crippen molar-refractivity contribution in [2.45, 2.75) is 20.3 Å². The SMILES string of the molecule is COCCCNC(=O)CNCCOCC(C)C. The van der Waals surface area contributed by atoms with Gasteiger partial charge in [0.25, 0.3) is 0 Å². The first-order valence-corrected chi connectivity index (χ1v) is 6.21. The molecule has 0 saturated heterocycles. The van der Waals surface area contributed by atoms with Crippen molar-refractivity contribution in [2.75, 3.05) is 46.6 Å². The first-order chi connectivity index (χ1) is 8.16. The number of rotatable bonds is 11. The summed E-state index contributed by atoms with van der Waals surface area (Å²) >= 11 is 0. The van der Waals surface area contributed by atoms with E-state index >= 15 is 0 Å². The fourth-order valence-electron chi connectivity index (χ4n) is 1.17. The second-order valence-corrected chi connectivity index (χ2v) is 4.34. The first kappa shape index (κ1) is 16.4. The number of carbonyl (C=O) groups excluding carboxylic acids is 1. The Balaban J connectivity index is 3.16. The molecule has 0 aliphatic carbocycles. The first-order valence-electron chi connectivity index (χ1n) is 6.21. The van der Waals surface area contributed by atoms with E-state index in [0.717, 1.165) is 13.0 Å². The monoisotopic (exact) mass is 246 g/mol. The molecular formula is C12H26N2O3. The Morgan fingerprint density at radius 1 is 1.24 bits per heavy atom. The van der Waals surface area contributed by atoms with Crippen LogP contribution in [0.15, 0.2) is 0 Å². The maximum absolute atomic E-state index is 11.3. The van der Waals surface area contributed by atoms with Crippen LogP contribution in [0, 0.1) is 5.92 Å². The van der Waals surface area contributed by atoms with Crippen molar-refractivity contribution in [3.8, 4) is 0 Å². The highest BCUT2D eigenvalue weighted by atomic mass is 16.5. The molecule has 0 spiro atoms. The maximum atomic E-state index is 11.3. The van der Waals surface area contributed by atoms with Crippen molar-refractivity contribution in [3.05, 3.63) is 0 Å². The minimum atomic E-state index is 0.0185. The topological polar surface area (TPSA) is 59.6 Å². The van der Waals surface area contributed by atoms with Gasteiger partial charge in [0.2, 0.25) is 5.91 Å². The number of hydrogen-bond donors (Lipinski definition) is 2. The van der Waals surface area contributed by atoms with E-state index in [1.807, 2.05) is 0 Å². The van der Waals surface area contributed by atoms with Gasteiger partial charge in [-0.25, -0.2) is 0 Å². The number of nitrogens with one attached hydrogen (secondary N) is 2. The minimum Gasteiger partial charge on any atom is -0.385 e. The second kappa shape index (κ2) is 11.8. The lowest BCUT2D eigenvalue weighted by molar-refractivity contribution is -0.120. The van der Waals surface area contributed by atoms with Crippen molar-refractivity contribution in [1.29, 1.82) is 0 Å². The highest BCUT2D eigenvalue weighted by Gasteiger charge is 1.99. The number of amides is 1. The maximum Gasteiger partial charge on any atom is 0.233 e. The van der Waals surface area contributed by atoms with Crippen LogP contribution in [0.2, 0.25) is 0 Å². The van der Waals surface area contributed by atoms with Crippen LogP contribution in [0.25, 0.3) is 0 Å². The zero-order valence-corrected chi connectivity index (χ0v) is 11.3. The number of hydrogen-bond acceptors (Lipinski definition) is 4. The molecule has 102 valence electrons. The zero-order chi connectivity index (χ0) is 12.9. The van der Waals surface area contributed by atoms with Crippen LogP contribution in [-0.2, 0) is 14.3 Å². The average molecular weight is 246 g/mol. The van der Waals surface area contributed by atoms with Gasteiger partial charge in [0, 0.05) is 33.4 Å². The van der Waals surface area contributed by atoms with E-state index in [1.165, 1.54) is 0 Å². The highest BCUT2D eigenvalue weighted by Crippen LogP contribution is 1.90. The zero-order valence-electron chi connectivity index (χ0n) is 11.3. The summed E-state index contributed by atoms with van der Waals surface area (Å²) in [4.78, 5) is 11.3. The lowest BCUT2D eigenvalue weighted by Gasteiger charge is -2.08. The fourth-order valence-corrected chi connectivity index (χ4v) is 1.17. The Hall–Kier alpha value is -0.650. The molecule has 0 heterocycles. The Bertz CT molecular complexity index is 187. The third kappa shape index (κ3) is 13.3. The van der Waals surface area contributed by atoms with Crippen molar-refractivity contribution in [1.82, 2.24) is 10.6 Å². The largest absolute Gasteiger partial charge is 0.385 e. The van der Waals surface area contributed by atoms with Gasteiger partial charge in [-0.15, -0.1) is 0 Å². The van der Waals surface area contributed by atoms with E-state index in [1.54, 1.807) is 7.11 Å². The second-order valence-electron chi connectivity index (χ2n) is 4.34. The predicted molar refractivity (Wildman–Crippen MR) is 68.0 cm³/mol. The van der Waals surface area contributed by atoms with E-state index in [0.29, 0.717) is 38.8 Å². The van der Waals surface area contributed by atoms with E-state index in [4.69, 9.17) is 9.47 Å². The average Bonchev–Trinajstić information content (AvgIpc) is 2.29. The summed E-state index contributed by atoms with van der Waals surface area (Å²) in [6.07, 6.45) is 0.847. The van der Waals surface area contributed by atoms with Crippen molar-refractivity contribution < 1.29 is 14.3 Å². The molecule has 0 atom stereocenters. The van der Waals surface area contributed by atoms with Crippen LogP contribution in [0.3, 0.4) is 0 Å². The summed E-state index contributed by atoms with van der Waals surface area (Å²) < 4.78 is 10.3. The van der Waals surface area contributed by atoms with Gasteiger partial charge in [0.1, 0.15) is 0 Å². The molecule has 0 fully saturated rings. The Labute approximate surface area is 104 Å². The molecule has 0 radical (unpaired) electrons. The fraction of sp³-hybridized carbons (Fsp3) is 0.917. The summed E-state index contributed by atoms with van der Waals surface area (Å²) in [6.45, 7) is 8.03. The smallest absolute Gasteiger partial charge is 0.233 e. The molecule has 1 amide bonds. The summed E-state index contributed by atoms with van der Waals surface area (Å²) in [5, 5.41) is 5.84. The van der Waals surface area contributed by atoms with Crippen LogP contribution in [0.1, 0.15) is 20.3 Å². The third-order valence-corrected chi connectivity index (χ3v) is 2.01. The van der Waals surface area contributed by atoms with E-state index in [9.17, 15) is 4.79 Å². The summed E-state index contributed by atoms with van der Waals surface area (Å²) in [7, 11) is 1.65. The summed E-state index contributed by atoms with van der Waals surface area (Å²) in [6, 6.07) is 0. The molecule has 0 rings (SSSR count).